The molecular weight excluding hydrogens is 250 g/mol. The van der Waals surface area contributed by atoms with E-state index >= 15 is 0 Å². The molecule has 0 aliphatic rings. The number of nitrogens with zero attached hydrogens (tertiary/aromatic N) is 2. The van der Waals surface area contributed by atoms with Crippen LogP contribution in [0.25, 0.3) is 0 Å². The zero-order valence-electron chi connectivity index (χ0n) is 11.4. The van der Waals surface area contributed by atoms with Gasteiger partial charge in [0.25, 0.3) is 0 Å². The molecule has 0 fully saturated rings. The van der Waals surface area contributed by atoms with Crippen molar-refractivity contribution in [3.8, 4) is 0 Å². The normalized spacial score (nSPS) is 13.3. The van der Waals surface area contributed by atoms with Crippen molar-refractivity contribution in [3.63, 3.8) is 0 Å². The maximum atomic E-state index is 11.1. The fourth-order valence-corrected chi connectivity index (χ4v) is 2.21. The number of aliphatic carboxylic acids is 1. The lowest BCUT2D eigenvalue weighted by Gasteiger charge is -2.14. The molecule has 0 amide bonds. The molecule has 1 rings (SSSR count). The second kappa shape index (κ2) is 6.13. The topological polar surface area (TPSA) is 75.1 Å². The second-order valence-corrected chi connectivity index (χ2v) is 6.10. The van der Waals surface area contributed by atoms with Crippen LogP contribution < -0.4 is 5.32 Å². The van der Waals surface area contributed by atoms with E-state index in [9.17, 15) is 4.79 Å². The molecule has 0 aromatic carbocycles. The van der Waals surface area contributed by atoms with Crippen LogP contribution >= 0.6 is 11.5 Å². The number of carboxylic acids is 1. The van der Waals surface area contributed by atoms with Crippen molar-refractivity contribution in [1.29, 1.82) is 0 Å². The second-order valence-electron chi connectivity index (χ2n) is 5.35. The van der Waals surface area contributed by atoms with E-state index in [1.165, 1.54) is 11.5 Å². The molecule has 0 bridgehead atoms. The lowest BCUT2D eigenvalue weighted by molar-refractivity contribution is -0.138. The highest BCUT2D eigenvalue weighted by Crippen LogP contribution is 2.23. The maximum absolute atomic E-state index is 11.1. The first-order valence-corrected chi connectivity index (χ1v) is 6.95. The van der Waals surface area contributed by atoms with Crippen molar-refractivity contribution in [2.75, 3.05) is 5.32 Å². The summed E-state index contributed by atoms with van der Waals surface area (Å²) in [4.78, 5) is 15.5. The number of carbonyl (C=O) groups is 1. The van der Waals surface area contributed by atoms with Gasteiger partial charge in [-0.3, -0.25) is 0 Å². The fraction of sp³-hybridized carbons (Fsp3) is 0.750. The Hall–Kier alpha value is -1.17. The monoisotopic (exact) mass is 271 g/mol. The van der Waals surface area contributed by atoms with Crippen molar-refractivity contribution >= 4 is 22.6 Å². The molecule has 1 aromatic heterocycles. The predicted molar refractivity (Wildman–Crippen MR) is 73.2 cm³/mol. The minimum atomic E-state index is -0.837. The molecule has 0 aliphatic heterocycles. The van der Waals surface area contributed by atoms with Gasteiger partial charge in [-0.05, 0) is 6.42 Å². The summed E-state index contributed by atoms with van der Waals surface area (Å²) < 4.78 is 4.26. The number of carboxylic acid groups (broad SMARTS) is 1. The summed E-state index contributed by atoms with van der Waals surface area (Å²) in [7, 11) is 0. The van der Waals surface area contributed by atoms with Crippen molar-refractivity contribution in [2.45, 2.75) is 58.4 Å². The largest absolute Gasteiger partial charge is 0.480 e. The Labute approximate surface area is 112 Å². The van der Waals surface area contributed by atoms with Crippen LogP contribution in [0, 0.1) is 0 Å². The van der Waals surface area contributed by atoms with Gasteiger partial charge in [-0.2, -0.15) is 4.37 Å². The molecule has 0 saturated heterocycles. The van der Waals surface area contributed by atoms with Crippen molar-refractivity contribution in [3.05, 3.63) is 5.82 Å². The highest BCUT2D eigenvalue weighted by atomic mass is 32.1. The lowest BCUT2D eigenvalue weighted by atomic mass is 9.96. The number of hydrogen-bond donors (Lipinski definition) is 2. The molecule has 1 aromatic rings. The van der Waals surface area contributed by atoms with E-state index < -0.39 is 12.0 Å². The van der Waals surface area contributed by atoms with Crippen LogP contribution in [0.2, 0.25) is 0 Å². The minimum absolute atomic E-state index is 0.113. The van der Waals surface area contributed by atoms with Crippen LogP contribution in [0.5, 0.6) is 0 Å². The first kappa shape index (κ1) is 14.9. The van der Waals surface area contributed by atoms with E-state index in [0.717, 1.165) is 18.7 Å². The molecule has 1 heterocycles. The van der Waals surface area contributed by atoms with Crippen LogP contribution in [0.15, 0.2) is 0 Å². The van der Waals surface area contributed by atoms with Gasteiger partial charge in [0.2, 0.25) is 5.13 Å². The Balaban J connectivity index is 2.69. The minimum Gasteiger partial charge on any atom is -0.480 e. The van der Waals surface area contributed by atoms with E-state index in [0.29, 0.717) is 11.6 Å². The van der Waals surface area contributed by atoms with Gasteiger partial charge >= 0.3 is 5.97 Å². The molecule has 102 valence electrons. The number of rotatable bonds is 6. The molecule has 18 heavy (non-hydrogen) atoms. The number of aromatic nitrogens is 2. The summed E-state index contributed by atoms with van der Waals surface area (Å²) in [5, 5.41) is 12.7. The molecule has 1 atom stereocenters. The Morgan fingerprint density at radius 3 is 2.61 bits per heavy atom. The highest BCUT2D eigenvalue weighted by Gasteiger charge is 2.22. The molecule has 6 heteroatoms. The van der Waals surface area contributed by atoms with E-state index in [1.807, 2.05) is 27.7 Å². The zero-order valence-corrected chi connectivity index (χ0v) is 12.2. The van der Waals surface area contributed by atoms with Crippen LogP contribution in [0.3, 0.4) is 0 Å². The Morgan fingerprint density at radius 1 is 1.50 bits per heavy atom. The average Bonchev–Trinajstić information content (AvgIpc) is 2.71. The van der Waals surface area contributed by atoms with Gasteiger partial charge in [0.05, 0.1) is 0 Å². The summed E-state index contributed by atoms with van der Waals surface area (Å²) in [5.41, 5.74) is -0.113. The van der Waals surface area contributed by atoms with Gasteiger partial charge in [0.15, 0.2) is 0 Å². The molecular formula is C12H21N3O2S. The molecule has 0 radical (unpaired) electrons. The third-order valence-corrected chi connectivity index (χ3v) is 3.19. The van der Waals surface area contributed by atoms with Gasteiger partial charge in [-0.15, -0.1) is 0 Å². The maximum Gasteiger partial charge on any atom is 0.326 e. The Kier molecular flexibility index (Phi) is 5.07. The fourth-order valence-electron chi connectivity index (χ4n) is 1.40. The number of hydrogen-bond acceptors (Lipinski definition) is 5. The van der Waals surface area contributed by atoms with E-state index in [1.54, 1.807) is 0 Å². The lowest BCUT2D eigenvalue weighted by Crippen LogP contribution is -2.29. The van der Waals surface area contributed by atoms with Crippen molar-refractivity contribution < 1.29 is 9.90 Å². The summed E-state index contributed by atoms with van der Waals surface area (Å²) in [6.07, 6.45) is 2.47. The molecule has 5 nitrogen and oxygen atoms in total. The summed E-state index contributed by atoms with van der Waals surface area (Å²) in [5.74, 6) is -0.0920. The first-order valence-electron chi connectivity index (χ1n) is 6.18. The summed E-state index contributed by atoms with van der Waals surface area (Å²) in [6, 6.07) is -0.578. The zero-order chi connectivity index (χ0) is 13.8. The van der Waals surface area contributed by atoms with Crippen LogP contribution in [0.4, 0.5) is 5.13 Å². The van der Waals surface area contributed by atoms with E-state index in [-0.39, 0.29) is 5.41 Å². The van der Waals surface area contributed by atoms with E-state index in [4.69, 9.17) is 5.11 Å². The van der Waals surface area contributed by atoms with Crippen LogP contribution in [-0.4, -0.2) is 26.5 Å². The number of unbranched alkanes of at least 4 members (excludes halogenated alkanes) is 1. The number of anilines is 1. The van der Waals surface area contributed by atoms with Gasteiger partial charge in [-0.25, -0.2) is 9.78 Å². The Bertz CT molecular complexity index is 398. The smallest absolute Gasteiger partial charge is 0.326 e. The van der Waals surface area contributed by atoms with Crippen molar-refractivity contribution in [2.24, 2.45) is 0 Å². The molecule has 2 N–H and O–H groups in total. The SMILES string of the molecule is CCCCC(Nc1nc(C(C)(C)C)ns1)C(=O)O. The van der Waals surface area contributed by atoms with Crippen LogP contribution in [0.1, 0.15) is 52.8 Å². The van der Waals surface area contributed by atoms with Gasteiger partial charge < -0.3 is 10.4 Å². The molecule has 0 spiro atoms. The summed E-state index contributed by atoms with van der Waals surface area (Å²) in [6.45, 7) is 8.14. The van der Waals surface area contributed by atoms with E-state index in [2.05, 4.69) is 14.7 Å². The molecule has 0 saturated carbocycles. The van der Waals surface area contributed by atoms with Gasteiger partial charge in [-0.1, -0.05) is 40.5 Å². The number of nitrogens with one attached hydrogen (secondary N) is 1. The van der Waals surface area contributed by atoms with Crippen molar-refractivity contribution in [1.82, 2.24) is 9.36 Å². The third kappa shape index (κ3) is 4.25. The average molecular weight is 271 g/mol. The third-order valence-electron chi connectivity index (χ3n) is 2.54. The van der Waals surface area contributed by atoms with Gasteiger partial charge in [0.1, 0.15) is 11.9 Å². The molecule has 1 unspecified atom stereocenters. The predicted octanol–water partition coefficient (Wildman–Crippen LogP) is 2.89. The highest BCUT2D eigenvalue weighted by molar-refractivity contribution is 7.09. The van der Waals surface area contributed by atoms with Crippen LogP contribution in [-0.2, 0) is 10.2 Å². The quantitative estimate of drug-likeness (QED) is 0.832. The summed E-state index contributed by atoms with van der Waals surface area (Å²) >= 11 is 1.22. The Morgan fingerprint density at radius 2 is 2.17 bits per heavy atom. The standard InChI is InChI=1S/C12H21N3O2S/c1-5-6-7-8(9(16)17)13-11-14-10(15-18-11)12(2,3)4/h8H,5-7H2,1-4H3,(H,16,17)(H,13,14,15). The van der Waals surface area contributed by atoms with Gasteiger partial charge in [0, 0.05) is 16.9 Å². The first-order chi connectivity index (χ1) is 8.34. The molecule has 0 aliphatic carbocycles.